The van der Waals surface area contributed by atoms with Gasteiger partial charge < -0.3 is 10.0 Å². The number of likely N-dealkylation sites (N-methyl/N-ethyl adjacent to an activating group) is 1. The first-order valence-electron chi connectivity index (χ1n) is 4.72. The predicted molar refractivity (Wildman–Crippen MR) is 51.8 cm³/mol. The van der Waals surface area contributed by atoms with E-state index in [0.29, 0.717) is 13.0 Å². The fourth-order valence-corrected chi connectivity index (χ4v) is 1.02. The van der Waals surface area contributed by atoms with Crippen LogP contribution in [0.1, 0.15) is 13.3 Å². The Kier molecular flexibility index (Phi) is 4.17. The van der Waals surface area contributed by atoms with Gasteiger partial charge >= 0.3 is 0 Å². The Balaban J connectivity index is 2.33. The summed E-state index contributed by atoms with van der Waals surface area (Å²) in [5, 5.41) is 19.5. The van der Waals surface area contributed by atoms with E-state index in [9.17, 15) is 4.79 Å². The van der Waals surface area contributed by atoms with Gasteiger partial charge in [0.2, 0.25) is 5.91 Å². The lowest BCUT2D eigenvalue weighted by Crippen LogP contribution is -2.32. The molecule has 1 heterocycles. The lowest BCUT2D eigenvalue weighted by atomic mass is 10.3. The van der Waals surface area contributed by atoms with Crippen LogP contribution in [0, 0.1) is 0 Å². The number of aromatic nitrogens is 4. The zero-order valence-corrected chi connectivity index (χ0v) is 8.87. The van der Waals surface area contributed by atoms with Gasteiger partial charge in [0.1, 0.15) is 12.9 Å². The Morgan fingerprint density at radius 1 is 1.67 bits per heavy atom. The molecule has 1 aromatic rings. The molecule has 0 fully saturated rings. The van der Waals surface area contributed by atoms with Crippen LogP contribution in [0.5, 0.6) is 0 Å². The van der Waals surface area contributed by atoms with Gasteiger partial charge in [0.15, 0.2) is 0 Å². The highest BCUT2D eigenvalue weighted by Gasteiger charge is 2.10. The molecule has 0 aliphatic heterocycles. The van der Waals surface area contributed by atoms with Crippen molar-refractivity contribution in [2.75, 3.05) is 13.6 Å². The molecule has 1 N–H and O–H groups in total. The number of nitrogens with zero attached hydrogens (tertiary/aromatic N) is 5. The summed E-state index contributed by atoms with van der Waals surface area (Å²) in [6, 6.07) is 0. The van der Waals surface area contributed by atoms with Crippen LogP contribution in [0.4, 0.5) is 0 Å². The number of tetrazole rings is 1. The van der Waals surface area contributed by atoms with E-state index in [1.807, 2.05) is 0 Å². The molecule has 1 rings (SSSR count). The van der Waals surface area contributed by atoms with Crippen LogP contribution in [-0.2, 0) is 11.3 Å². The molecular formula is C8H15N5O2. The molecule has 0 aliphatic rings. The van der Waals surface area contributed by atoms with Gasteiger partial charge in [0.05, 0.1) is 6.10 Å². The zero-order valence-electron chi connectivity index (χ0n) is 8.87. The predicted octanol–water partition coefficient (Wildman–Crippen LogP) is -1.10. The van der Waals surface area contributed by atoms with Gasteiger partial charge in [-0.2, -0.15) is 0 Å². The zero-order chi connectivity index (χ0) is 11.3. The van der Waals surface area contributed by atoms with Crippen molar-refractivity contribution in [1.29, 1.82) is 0 Å². The topological polar surface area (TPSA) is 84.1 Å². The van der Waals surface area contributed by atoms with Crippen LogP contribution < -0.4 is 0 Å². The molecule has 1 amide bonds. The number of amides is 1. The maximum absolute atomic E-state index is 11.6. The smallest absolute Gasteiger partial charge is 0.244 e. The Hall–Kier alpha value is -1.50. The van der Waals surface area contributed by atoms with Gasteiger partial charge in [-0.15, -0.1) is 5.10 Å². The average Bonchev–Trinajstić information content (AvgIpc) is 2.66. The van der Waals surface area contributed by atoms with E-state index in [0.717, 1.165) is 0 Å². The van der Waals surface area contributed by atoms with Crippen LogP contribution in [0.2, 0.25) is 0 Å². The van der Waals surface area contributed by atoms with E-state index in [4.69, 9.17) is 5.11 Å². The van der Waals surface area contributed by atoms with E-state index in [2.05, 4.69) is 15.5 Å². The Morgan fingerprint density at radius 3 is 2.93 bits per heavy atom. The van der Waals surface area contributed by atoms with Crippen molar-refractivity contribution in [3.8, 4) is 0 Å². The van der Waals surface area contributed by atoms with Crippen molar-refractivity contribution < 1.29 is 9.90 Å². The lowest BCUT2D eigenvalue weighted by molar-refractivity contribution is -0.131. The number of carbonyl (C=O) groups excluding carboxylic acids is 1. The first-order valence-corrected chi connectivity index (χ1v) is 4.72. The number of rotatable bonds is 5. The van der Waals surface area contributed by atoms with E-state index in [1.54, 1.807) is 18.9 Å². The first-order chi connectivity index (χ1) is 7.09. The van der Waals surface area contributed by atoms with Gasteiger partial charge in [-0.25, -0.2) is 4.68 Å². The molecule has 0 radical (unpaired) electrons. The van der Waals surface area contributed by atoms with Crippen LogP contribution in [0.3, 0.4) is 0 Å². The van der Waals surface area contributed by atoms with Gasteiger partial charge in [0, 0.05) is 13.6 Å². The van der Waals surface area contributed by atoms with Gasteiger partial charge in [0.25, 0.3) is 0 Å². The van der Waals surface area contributed by atoms with Crippen molar-refractivity contribution in [2.24, 2.45) is 0 Å². The first kappa shape index (κ1) is 11.6. The minimum Gasteiger partial charge on any atom is -0.393 e. The summed E-state index contributed by atoms with van der Waals surface area (Å²) >= 11 is 0. The molecule has 1 aromatic heterocycles. The molecular weight excluding hydrogens is 198 g/mol. The summed E-state index contributed by atoms with van der Waals surface area (Å²) in [6.45, 7) is 2.35. The lowest BCUT2D eigenvalue weighted by Gasteiger charge is -2.17. The molecule has 7 heteroatoms. The maximum Gasteiger partial charge on any atom is 0.244 e. The van der Waals surface area contributed by atoms with Crippen LogP contribution in [-0.4, -0.2) is 55.8 Å². The number of carbonyl (C=O) groups is 1. The third-order valence-corrected chi connectivity index (χ3v) is 2.00. The van der Waals surface area contributed by atoms with Gasteiger partial charge in [-0.1, -0.05) is 0 Å². The summed E-state index contributed by atoms with van der Waals surface area (Å²) in [7, 11) is 1.69. The third kappa shape index (κ3) is 4.03. The summed E-state index contributed by atoms with van der Waals surface area (Å²) in [6.07, 6.45) is 1.56. The Labute approximate surface area is 87.7 Å². The molecule has 0 saturated carbocycles. The fourth-order valence-electron chi connectivity index (χ4n) is 1.02. The SMILES string of the molecule is CC(O)CCN(C)C(=O)Cn1cnnn1. The molecule has 15 heavy (non-hydrogen) atoms. The maximum atomic E-state index is 11.6. The molecule has 1 atom stereocenters. The van der Waals surface area contributed by atoms with E-state index < -0.39 is 6.10 Å². The van der Waals surface area contributed by atoms with Crippen molar-refractivity contribution in [3.63, 3.8) is 0 Å². The standard InChI is InChI=1S/C8H15N5O2/c1-7(14)3-4-12(2)8(15)5-13-6-9-10-11-13/h6-7,14H,3-5H2,1-2H3. The average molecular weight is 213 g/mol. The molecule has 0 bridgehead atoms. The van der Waals surface area contributed by atoms with E-state index in [1.165, 1.54) is 11.0 Å². The highest BCUT2D eigenvalue weighted by Crippen LogP contribution is 1.95. The van der Waals surface area contributed by atoms with Crippen molar-refractivity contribution >= 4 is 5.91 Å². The Morgan fingerprint density at radius 2 is 2.40 bits per heavy atom. The van der Waals surface area contributed by atoms with E-state index in [-0.39, 0.29) is 12.5 Å². The summed E-state index contributed by atoms with van der Waals surface area (Å²) in [4.78, 5) is 13.1. The summed E-state index contributed by atoms with van der Waals surface area (Å²) < 4.78 is 1.36. The largest absolute Gasteiger partial charge is 0.393 e. The van der Waals surface area contributed by atoms with Crippen LogP contribution in [0.25, 0.3) is 0 Å². The quantitative estimate of drug-likeness (QED) is 0.671. The Bertz CT molecular complexity index is 298. The number of hydrogen-bond acceptors (Lipinski definition) is 5. The second kappa shape index (κ2) is 5.40. The molecule has 0 saturated heterocycles. The van der Waals surface area contributed by atoms with Crippen molar-refractivity contribution in [2.45, 2.75) is 26.0 Å². The molecule has 0 aromatic carbocycles. The second-order valence-corrected chi connectivity index (χ2v) is 3.46. The third-order valence-electron chi connectivity index (χ3n) is 2.00. The van der Waals surface area contributed by atoms with Gasteiger partial charge in [-0.05, 0) is 23.8 Å². The monoisotopic (exact) mass is 213 g/mol. The molecule has 0 spiro atoms. The summed E-state index contributed by atoms with van der Waals surface area (Å²) in [5.74, 6) is -0.0806. The number of aliphatic hydroxyl groups excluding tert-OH is 1. The van der Waals surface area contributed by atoms with E-state index >= 15 is 0 Å². The molecule has 84 valence electrons. The molecule has 0 aliphatic carbocycles. The normalized spacial score (nSPS) is 12.5. The fraction of sp³-hybridized carbons (Fsp3) is 0.750. The van der Waals surface area contributed by atoms with Crippen molar-refractivity contribution in [3.05, 3.63) is 6.33 Å². The minimum atomic E-state index is -0.395. The molecule has 7 nitrogen and oxygen atoms in total. The van der Waals surface area contributed by atoms with Gasteiger partial charge in [-0.3, -0.25) is 4.79 Å². The highest BCUT2D eigenvalue weighted by atomic mass is 16.3. The number of aliphatic hydroxyl groups is 1. The minimum absolute atomic E-state index is 0.0806. The highest BCUT2D eigenvalue weighted by molar-refractivity contribution is 5.75. The van der Waals surface area contributed by atoms with Crippen LogP contribution in [0.15, 0.2) is 6.33 Å². The second-order valence-electron chi connectivity index (χ2n) is 3.46. The number of hydrogen-bond donors (Lipinski definition) is 1. The van der Waals surface area contributed by atoms with Crippen molar-refractivity contribution in [1.82, 2.24) is 25.1 Å². The van der Waals surface area contributed by atoms with Crippen LogP contribution >= 0.6 is 0 Å². The molecule has 1 unspecified atom stereocenters. The summed E-state index contributed by atoms with van der Waals surface area (Å²) in [5.41, 5.74) is 0.